The number of fused-ring (bicyclic) bond motifs is 2. The first-order chi connectivity index (χ1) is 14.5. The number of imidazole rings is 1. The van der Waals surface area contributed by atoms with E-state index >= 15 is 0 Å². The molecule has 2 aromatic heterocycles. The Bertz CT molecular complexity index is 1200. The van der Waals surface area contributed by atoms with Crippen molar-refractivity contribution >= 4 is 46.0 Å². The van der Waals surface area contributed by atoms with Gasteiger partial charge in [-0.1, -0.05) is 12.1 Å². The number of nitrogens with one attached hydrogen (secondary N) is 2. The van der Waals surface area contributed by atoms with Gasteiger partial charge < -0.3 is 24.1 Å². The van der Waals surface area contributed by atoms with E-state index < -0.39 is 12.6 Å². The van der Waals surface area contributed by atoms with Gasteiger partial charge in [-0.2, -0.15) is 4.98 Å². The Kier molecular flexibility index (Phi) is 5.31. The molecule has 0 aliphatic heterocycles. The second-order valence-corrected chi connectivity index (χ2v) is 6.51. The number of carbonyl (C=O) groups excluding carboxylic acids is 1. The number of hydrogen-bond donors (Lipinski definition) is 3. The highest BCUT2D eigenvalue weighted by atomic mass is 16.5. The molecule has 154 valence electrons. The van der Waals surface area contributed by atoms with Gasteiger partial charge in [-0.05, 0) is 30.3 Å². The number of hydrogen-bond acceptors (Lipinski definition) is 7. The van der Waals surface area contributed by atoms with Crippen LogP contribution in [0.15, 0.2) is 46.9 Å². The molecule has 30 heavy (non-hydrogen) atoms. The van der Waals surface area contributed by atoms with Crippen LogP contribution >= 0.6 is 0 Å². The van der Waals surface area contributed by atoms with Crippen LogP contribution in [-0.4, -0.2) is 51.3 Å². The summed E-state index contributed by atoms with van der Waals surface area (Å²) in [6.45, 7) is -0.0784. The molecule has 0 aliphatic carbocycles. The van der Waals surface area contributed by atoms with Crippen molar-refractivity contribution in [2.75, 3.05) is 25.1 Å². The number of anilines is 2. The van der Waals surface area contributed by atoms with E-state index in [0.29, 0.717) is 28.6 Å². The number of nitrogens with zero attached hydrogens (tertiary/aromatic N) is 3. The zero-order valence-electron chi connectivity index (χ0n) is 16.1. The summed E-state index contributed by atoms with van der Waals surface area (Å²) in [4.78, 5) is 31.6. The van der Waals surface area contributed by atoms with Gasteiger partial charge in [0.15, 0.2) is 5.58 Å². The van der Waals surface area contributed by atoms with Crippen LogP contribution in [0.5, 0.6) is 0 Å². The molecule has 4 rings (SSSR count). The highest BCUT2D eigenvalue weighted by Gasteiger charge is 2.14. The number of benzene rings is 2. The Morgan fingerprint density at radius 2 is 2.00 bits per heavy atom. The monoisotopic (exact) mass is 409 g/mol. The van der Waals surface area contributed by atoms with Crippen LogP contribution in [0.1, 0.15) is 10.4 Å². The minimum Gasteiger partial charge on any atom is -0.480 e. The van der Waals surface area contributed by atoms with Crippen molar-refractivity contribution in [3.63, 3.8) is 0 Å². The van der Waals surface area contributed by atoms with E-state index in [1.165, 1.54) is 0 Å². The second kappa shape index (κ2) is 8.21. The van der Waals surface area contributed by atoms with Gasteiger partial charge in [0.1, 0.15) is 12.1 Å². The predicted octanol–water partition coefficient (Wildman–Crippen LogP) is 2.29. The van der Waals surface area contributed by atoms with Gasteiger partial charge in [0.25, 0.3) is 5.91 Å². The van der Waals surface area contributed by atoms with Gasteiger partial charge in [0, 0.05) is 19.2 Å². The molecule has 0 fully saturated rings. The Hall–Kier alpha value is -3.92. The van der Waals surface area contributed by atoms with E-state index in [1.54, 1.807) is 18.2 Å². The lowest BCUT2D eigenvalue weighted by Gasteiger charge is -2.05. The van der Waals surface area contributed by atoms with Crippen LogP contribution in [0, 0.1) is 0 Å². The van der Waals surface area contributed by atoms with E-state index in [-0.39, 0.29) is 19.1 Å². The number of para-hydroxylation sites is 2. The summed E-state index contributed by atoms with van der Waals surface area (Å²) in [5, 5.41) is 14.3. The SMILES string of the molecule is Cn1c(Nc2nc3ccccc3o2)nc2cc(C(=O)NCCOCC(=O)O)ccc21. The van der Waals surface area contributed by atoms with Crippen molar-refractivity contribution in [3.05, 3.63) is 48.0 Å². The van der Waals surface area contributed by atoms with E-state index in [2.05, 4.69) is 20.6 Å². The normalized spacial score (nSPS) is 11.1. The van der Waals surface area contributed by atoms with Crippen LogP contribution in [0.4, 0.5) is 12.0 Å². The number of aliphatic carboxylic acids is 1. The zero-order chi connectivity index (χ0) is 21.1. The van der Waals surface area contributed by atoms with Crippen LogP contribution in [0.25, 0.3) is 22.1 Å². The van der Waals surface area contributed by atoms with Gasteiger partial charge in [0.2, 0.25) is 5.95 Å². The van der Waals surface area contributed by atoms with Gasteiger partial charge in [-0.25, -0.2) is 9.78 Å². The van der Waals surface area contributed by atoms with Gasteiger partial charge in [-0.3, -0.25) is 10.1 Å². The van der Waals surface area contributed by atoms with Crippen LogP contribution in [0.2, 0.25) is 0 Å². The topological polar surface area (TPSA) is 132 Å². The number of ether oxygens (including phenoxy) is 1. The molecule has 2 heterocycles. The molecule has 0 saturated heterocycles. The number of amides is 1. The number of aromatic nitrogens is 3. The molecule has 3 N–H and O–H groups in total. The first-order valence-electron chi connectivity index (χ1n) is 9.18. The highest BCUT2D eigenvalue weighted by Crippen LogP contribution is 2.24. The lowest BCUT2D eigenvalue weighted by molar-refractivity contribution is -0.142. The number of aryl methyl sites for hydroxylation is 1. The van der Waals surface area contributed by atoms with Gasteiger partial charge in [0.05, 0.1) is 17.6 Å². The molecular weight excluding hydrogens is 390 g/mol. The summed E-state index contributed by atoms with van der Waals surface area (Å²) in [5.74, 6) is -0.824. The fourth-order valence-electron chi connectivity index (χ4n) is 2.97. The third kappa shape index (κ3) is 4.08. The van der Waals surface area contributed by atoms with Crippen molar-refractivity contribution in [2.24, 2.45) is 7.05 Å². The van der Waals surface area contributed by atoms with Gasteiger partial charge >= 0.3 is 12.0 Å². The highest BCUT2D eigenvalue weighted by molar-refractivity contribution is 5.97. The predicted molar refractivity (Wildman–Crippen MR) is 109 cm³/mol. The summed E-state index contributed by atoms with van der Waals surface area (Å²) >= 11 is 0. The Morgan fingerprint density at radius 1 is 1.17 bits per heavy atom. The van der Waals surface area contributed by atoms with Crippen LogP contribution in [-0.2, 0) is 16.6 Å². The van der Waals surface area contributed by atoms with Crippen molar-refractivity contribution in [1.82, 2.24) is 19.9 Å². The number of carboxylic acid groups (broad SMARTS) is 1. The maximum Gasteiger partial charge on any atom is 0.329 e. The maximum absolute atomic E-state index is 12.3. The van der Waals surface area contributed by atoms with Crippen molar-refractivity contribution in [2.45, 2.75) is 0 Å². The first kappa shape index (κ1) is 19.4. The molecule has 0 saturated carbocycles. The number of carboxylic acids is 1. The largest absolute Gasteiger partial charge is 0.480 e. The molecule has 1 amide bonds. The van der Waals surface area contributed by atoms with Crippen LogP contribution in [0.3, 0.4) is 0 Å². The summed E-state index contributed by atoms with van der Waals surface area (Å²) in [7, 11) is 1.85. The fourth-order valence-corrected chi connectivity index (χ4v) is 2.97. The summed E-state index contributed by atoms with van der Waals surface area (Å²) in [5.41, 5.74) is 3.31. The lowest BCUT2D eigenvalue weighted by atomic mass is 10.2. The minimum atomic E-state index is -1.05. The van der Waals surface area contributed by atoms with Crippen LogP contribution < -0.4 is 10.6 Å². The molecule has 4 aromatic rings. The lowest BCUT2D eigenvalue weighted by Crippen LogP contribution is -2.27. The Morgan fingerprint density at radius 3 is 2.80 bits per heavy atom. The molecule has 0 bridgehead atoms. The van der Waals surface area contributed by atoms with Crippen molar-refractivity contribution in [1.29, 1.82) is 0 Å². The average molecular weight is 409 g/mol. The number of oxazole rings is 1. The van der Waals surface area contributed by atoms with E-state index in [1.807, 2.05) is 35.9 Å². The fraction of sp³-hybridized carbons (Fsp3) is 0.200. The molecule has 0 radical (unpaired) electrons. The molecule has 0 spiro atoms. The molecule has 10 nitrogen and oxygen atoms in total. The van der Waals surface area contributed by atoms with Gasteiger partial charge in [-0.15, -0.1) is 0 Å². The third-order valence-corrected chi connectivity index (χ3v) is 4.41. The van der Waals surface area contributed by atoms with Crippen molar-refractivity contribution < 1.29 is 23.8 Å². The van der Waals surface area contributed by atoms with Crippen molar-refractivity contribution in [3.8, 4) is 0 Å². The summed E-state index contributed by atoms with van der Waals surface area (Å²) < 4.78 is 12.4. The second-order valence-electron chi connectivity index (χ2n) is 6.51. The smallest absolute Gasteiger partial charge is 0.329 e. The minimum absolute atomic E-state index is 0.114. The average Bonchev–Trinajstić information content (AvgIpc) is 3.27. The quantitative estimate of drug-likeness (QED) is 0.378. The summed E-state index contributed by atoms with van der Waals surface area (Å²) in [6.07, 6.45) is 0. The molecule has 10 heteroatoms. The number of carbonyl (C=O) groups is 2. The molecule has 0 unspecified atom stereocenters. The van der Waals surface area contributed by atoms with E-state index in [4.69, 9.17) is 14.3 Å². The Balaban J connectivity index is 1.47. The standard InChI is InChI=1S/C20H19N5O5/c1-25-15-7-6-12(18(28)21-8-9-29-11-17(26)27)10-14(15)22-19(25)24-20-23-13-4-2-3-5-16(13)30-20/h2-7,10H,8-9,11H2,1H3,(H,21,28)(H,26,27)(H,22,23,24). The third-order valence-electron chi connectivity index (χ3n) is 4.41. The first-order valence-corrected chi connectivity index (χ1v) is 9.18. The zero-order valence-corrected chi connectivity index (χ0v) is 16.1. The summed E-state index contributed by atoms with van der Waals surface area (Å²) in [6, 6.07) is 13.0. The number of rotatable bonds is 8. The Labute approximate surface area is 170 Å². The molecule has 0 aliphatic rings. The molecule has 0 atom stereocenters. The van der Waals surface area contributed by atoms with E-state index in [9.17, 15) is 9.59 Å². The molecule has 2 aromatic carbocycles. The van der Waals surface area contributed by atoms with E-state index in [0.717, 1.165) is 11.0 Å². The molecular formula is C20H19N5O5. The maximum atomic E-state index is 12.3.